The van der Waals surface area contributed by atoms with Crippen molar-refractivity contribution in [2.75, 3.05) is 26.2 Å². The summed E-state index contributed by atoms with van der Waals surface area (Å²) in [4.78, 5) is 2.60. The van der Waals surface area contributed by atoms with Crippen LogP contribution in [-0.2, 0) is 0 Å². The molecular weight excluding hydrogens is 200 g/mol. The van der Waals surface area contributed by atoms with Crippen LogP contribution in [0.5, 0.6) is 0 Å². The van der Waals surface area contributed by atoms with Crippen LogP contribution in [0.3, 0.4) is 0 Å². The minimum atomic E-state index is 0.343. The molecule has 1 saturated heterocycles. The van der Waals surface area contributed by atoms with E-state index in [9.17, 15) is 0 Å². The Morgan fingerprint density at radius 2 is 1.94 bits per heavy atom. The Bertz CT molecular complexity index is 175. The van der Waals surface area contributed by atoms with Gasteiger partial charge in [0.2, 0.25) is 0 Å². The van der Waals surface area contributed by atoms with E-state index in [0.29, 0.717) is 12.5 Å². The van der Waals surface area contributed by atoms with E-state index in [0.717, 1.165) is 19.0 Å². The van der Waals surface area contributed by atoms with Gasteiger partial charge < -0.3 is 15.7 Å². The number of likely N-dealkylation sites (tertiary alicyclic amines) is 1. The average Bonchev–Trinajstić information content (AvgIpc) is 2.31. The summed E-state index contributed by atoms with van der Waals surface area (Å²) >= 11 is 0. The van der Waals surface area contributed by atoms with E-state index < -0.39 is 0 Å². The largest absolute Gasteiger partial charge is 0.396 e. The Morgan fingerprint density at radius 3 is 2.62 bits per heavy atom. The average molecular weight is 228 g/mol. The summed E-state index contributed by atoms with van der Waals surface area (Å²) in [5.41, 5.74) is 5.75. The third-order valence-corrected chi connectivity index (χ3v) is 3.80. The van der Waals surface area contributed by atoms with Crippen molar-refractivity contribution >= 4 is 0 Å². The third-order valence-electron chi connectivity index (χ3n) is 3.80. The Labute approximate surface area is 100 Å². The van der Waals surface area contributed by atoms with Crippen molar-refractivity contribution in [2.45, 2.75) is 51.5 Å². The number of unbranched alkanes of at least 4 members (excludes halogenated alkanes) is 3. The molecule has 3 heteroatoms. The monoisotopic (exact) mass is 228 g/mol. The van der Waals surface area contributed by atoms with Crippen LogP contribution in [-0.4, -0.2) is 42.3 Å². The van der Waals surface area contributed by atoms with E-state index in [1.54, 1.807) is 0 Å². The summed E-state index contributed by atoms with van der Waals surface area (Å²) in [6.45, 7) is 5.92. The molecule has 0 aromatic rings. The fourth-order valence-corrected chi connectivity index (χ4v) is 2.55. The van der Waals surface area contributed by atoms with Crippen LogP contribution in [0.2, 0.25) is 0 Å². The van der Waals surface area contributed by atoms with Crippen LogP contribution in [0.4, 0.5) is 0 Å². The van der Waals surface area contributed by atoms with Crippen molar-refractivity contribution in [3.05, 3.63) is 0 Å². The molecule has 96 valence electrons. The fraction of sp³-hybridized carbons (Fsp3) is 1.00. The molecule has 0 saturated carbocycles. The van der Waals surface area contributed by atoms with Crippen LogP contribution >= 0.6 is 0 Å². The zero-order valence-corrected chi connectivity index (χ0v) is 10.7. The molecule has 0 amide bonds. The second-order valence-corrected chi connectivity index (χ2v) is 5.16. The zero-order chi connectivity index (χ0) is 11.8. The molecule has 2 unspecified atom stereocenters. The standard InChI is InChI=1S/C13H28N2O/c1-12-6-7-13(10-14)11-15(12)8-4-2-3-5-9-16/h12-13,16H,2-11,14H2,1H3. The summed E-state index contributed by atoms with van der Waals surface area (Å²) < 4.78 is 0. The molecule has 0 bridgehead atoms. The van der Waals surface area contributed by atoms with Gasteiger partial charge in [-0.25, -0.2) is 0 Å². The summed E-state index contributed by atoms with van der Waals surface area (Å²) in [5, 5.41) is 8.70. The van der Waals surface area contributed by atoms with E-state index in [1.807, 2.05) is 0 Å². The van der Waals surface area contributed by atoms with E-state index >= 15 is 0 Å². The first-order valence-electron chi connectivity index (χ1n) is 6.83. The Morgan fingerprint density at radius 1 is 1.19 bits per heavy atom. The molecule has 1 rings (SSSR count). The molecule has 0 aromatic heterocycles. The molecule has 1 aliphatic rings. The Balaban J connectivity index is 2.13. The fourth-order valence-electron chi connectivity index (χ4n) is 2.55. The minimum absolute atomic E-state index is 0.343. The second-order valence-electron chi connectivity index (χ2n) is 5.16. The summed E-state index contributed by atoms with van der Waals surface area (Å²) in [7, 11) is 0. The van der Waals surface area contributed by atoms with Gasteiger partial charge in [-0.3, -0.25) is 0 Å². The molecule has 16 heavy (non-hydrogen) atoms. The van der Waals surface area contributed by atoms with Crippen LogP contribution in [0.25, 0.3) is 0 Å². The van der Waals surface area contributed by atoms with Crippen molar-refractivity contribution in [3.63, 3.8) is 0 Å². The Kier molecular flexibility index (Phi) is 7.01. The number of hydrogen-bond donors (Lipinski definition) is 2. The van der Waals surface area contributed by atoms with Crippen LogP contribution in [0.1, 0.15) is 45.4 Å². The minimum Gasteiger partial charge on any atom is -0.396 e. The number of piperidine rings is 1. The lowest BCUT2D eigenvalue weighted by molar-refractivity contribution is 0.118. The first kappa shape index (κ1) is 13.9. The second kappa shape index (κ2) is 8.04. The molecule has 0 spiro atoms. The summed E-state index contributed by atoms with van der Waals surface area (Å²) in [5.74, 6) is 0.716. The maximum atomic E-state index is 8.70. The van der Waals surface area contributed by atoms with Crippen LogP contribution < -0.4 is 5.73 Å². The van der Waals surface area contributed by atoms with Gasteiger partial charge in [0.05, 0.1) is 0 Å². The lowest BCUT2D eigenvalue weighted by Crippen LogP contribution is -2.44. The predicted octanol–water partition coefficient (Wildman–Crippen LogP) is 1.60. The molecule has 1 heterocycles. The van der Waals surface area contributed by atoms with Gasteiger partial charge >= 0.3 is 0 Å². The van der Waals surface area contributed by atoms with Crippen molar-refractivity contribution in [3.8, 4) is 0 Å². The van der Waals surface area contributed by atoms with Crippen LogP contribution in [0, 0.1) is 5.92 Å². The number of rotatable bonds is 7. The molecule has 0 aliphatic carbocycles. The third kappa shape index (κ3) is 4.81. The van der Waals surface area contributed by atoms with E-state index in [1.165, 1.54) is 45.2 Å². The molecule has 3 nitrogen and oxygen atoms in total. The number of aliphatic hydroxyl groups is 1. The molecule has 1 aliphatic heterocycles. The van der Waals surface area contributed by atoms with Crippen LogP contribution in [0.15, 0.2) is 0 Å². The number of aliphatic hydroxyl groups excluding tert-OH is 1. The van der Waals surface area contributed by atoms with E-state index in [4.69, 9.17) is 10.8 Å². The van der Waals surface area contributed by atoms with Crippen molar-refractivity contribution in [2.24, 2.45) is 11.7 Å². The maximum absolute atomic E-state index is 8.70. The molecule has 0 aromatic carbocycles. The van der Waals surface area contributed by atoms with Gasteiger partial charge in [-0.05, 0) is 51.6 Å². The van der Waals surface area contributed by atoms with Gasteiger partial charge in [0.25, 0.3) is 0 Å². The molecular formula is C13H28N2O. The van der Waals surface area contributed by atoms with Crippen molar-refractivity contribution in [1.82, 2.24) is 4.90 Å². The zero-order valence-electron chi connectivity index (χ0n) is 10.7. The number of nitrogens with zero attached hydrogens (tertiary/aromatic N) is 1. The summed E-state index contributed by atoms with van der Waals surface area (Å²) in [6, 6.07) is 0.737. The highest BCUT2D eigenvalue weighted by molar-refractivity contribution is 4.79. The lowest BCUT2D eigenvalue weighted by atomic mass is 9.93. The SMILES string of the molecule is CC1CCC(CN)CN1CCCCCCO. The highest BCUT2D eigenvalue weighted by Crippen LogP contribution is 2.21. The van der Waals surface area contributed by atoms with Crippen molar-refractivity contribution in [1.29, 1.82) is 0 Å². The topological polar surface area (TPSA) is 49.5 Å². The van der Waals surface area contributed by atoms with E-state index in [2.05, 4.69) is 11.8 Å². The number of hydrogen-bond acceptors (Lipinski definition) is 3. The maximum Gasteiger partial charge on any atom is 0.0431 e. The van der Waals surface area contributed by atoms with Gasteiger partial charge in [-0.1, -0.05) is 12.8 Å². The lowest BCUT2D eigenvalue weighted by Gasteiger charge is -2.37. The van der Waals surface area contributed by atoms with Gasteiger partial charge in [-0.2, -0.15) is 0 Å². The van der Waals surface area contributed by atoms with Crippen molar-refractivity contribution < 1.29 is 5.11 Å². The highest BCUT2D eigenvalue weighted by Gasteiger charge is 2.23. The summed E-state index contributed by atoms with van der Waals surface area (Å²) in [6.07, 6.45) is 7.25. The van der Waals surface area contributed by atoms with Gasteiger partial charge in [0.15, 0.2) is 0 Å². The normalized spacial score (nSPS) is 27.2. The highest BCUT2D eigenvalue weighted by atomic mass is 16.2. The molecule has 0 radical (unpaired) electrons. The van der Waals surface area contributed by atoms with E-state index in [-0.39, 0.29) is 0 Å². The molecule has 3 N–H and O–H groups in total. The smallest absolute Gasteiger partial charge is 0.0431 e. The number of nitrogens with two attached hydrogens (primary N) is 1. The Hall–Kier alpha value is -0.120. The molecule has 2 atom stereocenters. The molecule has 1 fully saturated rings. The first-order chi connectivity index (χ1) is 7.77. The van der Waals surface area contributed by atoms with Gasteiger partial charge in [-0.15, -0.1) is 0 Å². The quantitative estimate of drug-likeness (QED) is 0.651. The predicted molar refractivity (Wildman–Crippen MR) is 68.4 cm³/mol. The first-order valence-corrected chi connectivity index (χ1v) is 6.83. The van der Waals surface area contributed by atoms with Gasteiger partial charge in [0, 0.05) is 19.2 Å². The van der Waals surface area contributed by atoms with Gasteiger partial charge in [0.1, 0.15) is 0 Å².